The first-order valence-corrected chi connectivity index (χ1v) is 6.62. The fraction of sp³-hybridized carbons (Fsp3) is 0.538. The lowest BCUT2D eigenvalue weighted by atomic mass is 9.97. The van der Waals surface area contributed by atoms with Crippen molar-refractivity contribution >= 4 is 17.6 Å². The largest absolute Gasteiger partial charge is 0.469 e. The summed E-state index contributed by atoms with van der Waals surface area (Å²) in [4.78, 5) is 35.6. The topological polar surface area (TPSA) is 94.7 Å². The predicted molar refractivity (Wildman–Crippen MR) is 72.7 cm³/mol. The van der Waals surface area contributed by atoms with E-state index in [0.29, 0.717) is 25.9 Å². The second-order valence-corrected chi connectivity index (χ2v) is 5.04. The fourth-order valence-electron chi connectivity index (χ4n) is 2.51. The van der Waals surface area contributed by atoms with Crippen molar-refractivity contribution in [2.75, 3.05) is 20.2 Å². The first-order chi connectivity index (χ1) is 9.93. The first-order valence-electron chi connectivity index (χ1n) is 6.62. The summed E-state index contributed by atoms with van der Waals surface area (Å²) in [5.41, 5.74) is 0.170. The van der Waals surface area contributed by atoms with Gasteiger partial charge in [0.15, 0.2) is 0 Å². The third-order valence-electron chi connectivity index (χ3n) is 3.74. The van der Waals surface area contributed by atoms with E-state index in [4.69, 9.17) is 4.74 Å². The number of amides is 1. The van der Waals surface area contributed by atoms with Crippen molar-refractivity contribution in [3.05, 3.63) is 28.1 Å². The van der Waals surface area contributed by atoms with E-state index in [2.05, 4.69) is 0 Å². The molecule has 0 unspecified atom stereocenters. The SMILES string of the molecule is COC(=O)C1CCN(C(=O)c2cc([N+](=O)[O-])cn2C)CC1. The van der Waals surface area contributed by atoms with E-state index in [9.17, 15) is 19.7 Å². The Morgan fingerprint density at radius 2 is 2.00 bits per heavy atom. The number of carbonyl (C=O) groups excluding carboxylic acids is 2. The van der Waals surface area contributed by atoms with Crippen molar-refractivity contribution in [1.82, 2.24) is 9.47 Å². The van der Waals surface area contributed by atoms with Gasteiger partial charge in [0.2, 0.25) is 0 Å². The predicted octanol–water partition coefficient (Wildman–Crippen LogP) is 0.958. The van der Waals surface area contributed by atoms with Crippen molar-refractivity contribution in [2.45, 2.75) is 12.8 Å². The Labute approximate surface area is 121 Å². The van der Waals surface area contributed by atoms with Crippen LogP contribution in [0.1, 0.15) is 23.3 Å². The lowest BCUT2D eigenvalue weighted by molar-refractivity contribution is -0.384. The minimum atomic E-state index is -0.528. The van der Waals surface area contributed by atoms with Gasteiger partial charge in [-0.05, 0) is 12.8 Å². The highest BCUT2D eigenvalue weighted by molar-refractivity contribution is 5.93. The van der Waals surface area contributed by atoms with E-state index in [0.717, 1.165) is 0 Å². The third-order valence-corrected chi connectivity index (χ3v) is 3.74. The summed E-state index contributed by atoms with van der Waals surface area (Å²) in [6.45, 7) is 0.884. The van der Waals surface area contributed by atoms with Gasteiger partial charge in [-0.1, -0.05) is 0 Å². The van der Waals surface area contributed by atoms with Gasteiger partial charge in [-0.15, -0.1) is 0 Å². The smallest absolute Gasteiger partial charge is 0.308 e. The average molecular weight is 295 g/mol. The zero-order valence-corrected chi connectivity index (χ0v) is 11.9. The summed E-state index contributed by atoms with van der Waals surface area (Å²) in [5, 5.41) is 10.7. The summed E-state index contributed by atoms with van der Waals surface area (Å²) in [7, 11) is 2.95. The molecule has 0 N–H and O–H groups in total. The number of ether oxygens (including phenoxy) is 1. The molecule has 114 valence electrons. The molecule has 8 heteroatoms. The van der Waals surface area contributed by atoms with Crippen LogP contribution in [0.3, 0.4) is 0 Å². The second kappa shape index (κ2) is 5.94. The normalized spacial score (nSPS) is 15.8. The lowest BCUT2D eigenvalue weighted by Crippen LogP contribution is -2.41. The molecule has 1 aliphatic heterocycles. The van der Waals surface area contributed by atoms with Gasteiger partial charge in [0.25, 0.3) is 11.6 Å². The van der Waals surface area contributed by atoms with Gasteiger partial charge in [0.1, 0.15) is 5.69 Å². The summed E-state index contributed by atoms with van der Waals surface area (Å²) in [5.74, 6) is -0.688. The highest BCUT2D eigenvalue weighted by Crippen LogP contribution is 2.22. The minimum absolute atomic E-state index is 0.106. The van der Waals surface area contributed by atoms with Gasteiger partial charge >= 0.3 is 5.97 Å². The standard InChI is InChI=1S/C13H17N3O5/c1-14-8-10(16(19)20)7-11(14)12(17)15-5-3-9(4-6-15)13(18)21-2/h7-9H,3-6H2,1-2H3. The molecule has 0 spiro atoms. The molecule has 21 heavy (non-hydrogen) atoms. The molecule has 0 atom stereocenters. The van der Waals surface area contributed by atoms with Crippen LogP contribution in [0.2, 0.25) is 0 Å². The van der Waals surface area contributed by atoms with Crippen molar-refractivity contribution in [3.63, 3.8) is 0 Å². The Morgan fingerprint density at radius 1 is 1.38 bits per heavy atom. The number of methoxy groups -OCH3 is 1. The number of hydrogen-bond donors (Lipinski definition) is 0. The molecule has 0 aromatic carbocycles. The maximum Gasteiger partial charge on any atom is 0.308 e. The van der Waals surface area contributed by atoms with Crippen LogP contribution in [-0.2, 0) is 16.6 Å². The van der Waals surface area contributed by atoms with Gasteiger partial charge in [-0.2, -0.15) is 0 Å². The van der Waals surface area contributed by atoms with E-state index in [1.54, 1.807) is 11.9 Å². The van der Waals surface area contributed by atoms with E-state index in [1.807, 2.05) is 0 Å². The van der Waals surface area contributed by atoms with Gasteiger partial charge in [0.05, 0.1) is 24.1 Å². The molecule has 1 aromatic rings. The van der Waals surface area contributed by atoms with Crippen LogP contribution < -0.4 is 0 Å². The number of hydrogen-bond acceptors (Lipinski definition) is 5. The van der Waals surface area contributed by atoms with Crippen LogP contribution in [0.15, 0.2) is 12.3 Å². The van der Waals surface area contributed by atoms with Crippen molar-refractivity contribution in [1.29, 1.82) is 0 Å². The van der Waals surface area contributed by atoms with E-state index in [1.165, 1.54) is 23.9 Å². The highest BCUT2D eigenvalue weighted by Gasteiger charge is 2.30. The maximum atomic E-state index is 12.4. The number of rotatable bonds is 3. The molecular weight excluding hydrogens is 278 g/mol. The zero-order chi connectivity index (χ0) is 15.6. The summed E-state index contributed by atoms with van der Waals surface area (Å²) in [6, 6.07) is 1.27. The molecule has 0 radical (unpaired) electrons. The number of nitro groups is 1. The molecule has 0 saturated carbocycles. The molecule has 1 saturated heterocycles. The Kier molecular flexibility index (Phi) is 4.25. The third kappa shape index (κ3) is 3.04. The van der Waals surface area contributed by atoms with Crippen molar-refractivity contribution < 1.29 is 19.2 Å². The van der Waals surface area contributed by atoms with Crippen molar-refractivity contribution in [3.8, 4) is 0 Å². The summed E-state index contributed by atoms with van der Waals surface area (Å²) in [6.07, 6.45) is 2.41. The molecule has 2 rings (SSSR count). The lowest BCUT2D eigenvalue weighted by Gasteiger charge is -2.30. The number of likely N-dealkylation sites (tertiary alicyclic amines) is 1. The Balaban J connectivity index is 2.05. The molecular formula is C13H17N3O5. The van der Waals surface area contributed by atoms with Crippen molar-refractivity contribution in [2.24, 2.45) is 13.0 Å². The van der Waals surface area contributed by atoms with E-state index < -0.39 is 4.92 Å². The number of aromatic nitrogens is 1. The van der Waals surface area contributed by atoms with Gasteiger partial charge in [-0.25, -0.2) is 0 Å². The van der Waals surface area contributed by atoms with E-state index >= 15 is 0 Å². The average Bonchev–Trinajstić information content (AvgIpc) is 2.88. The first kappa shape index (κ1) is 15.0. The molecule has 1 aliphatic rings. The molecule has 1 amide bonds. The quantitative estimate of drug-likeness (QED) is 0.470. The van der Waals surface area contributed by atoms with Gasteiger partial charge < -0.3 is 14.2 Å². The maximum absolute atomic E-state index is 12.4. The number of piperidine rings is 1. The van der Waals surface area contributed by atoms with Crippen LogP contribution in [-0.4, -0.2) is 46.5 Å². The fourth-order valence-corrected chi connectivity index (χ4v) is 2.51. The molecule has 2 heterocycles. The highest BCUT2D eigenvalue weighted by atomic mass is 16.6. The van der Waals surface area contributed by atoms with E-state index in [-0.39, 0.29) is 29.2 Å². The monoisotopic (exact) mass is 295 g/mol. The van der Waals surface area contributed by atoms with Crippen LogP contribution >= 0.6 is 0 Å². The molecule has 1 aromatic heterocycles. The number of nitrogens with zero attached hydrogens (tertiary/aromatic N) is 3. The van der Waals surface area contributed by atoms with Crippen LogP contribution in [0.4, 0.5) is 5.69 Å². The molecule has 1 fully saturated rings. The Hall–Kier alpha value is -2.38. The summed E-state index contributed by atoms with van der Waals surface area (Å²) < 4.78 is 6.15. The number of carbonyl (C=O) groups is 2. The summed E-state index contributed by atoms with van der Waals surface area (Å²) >= 11 is 0. The molecule has 0 bridgehead atoms. The number of aryl methyl sites for hydroxylation is 1. The van der Waals surface area contributed by atoms with Gasteiger partial charge in [0, 0.05) is 26.2 Å². The molecule has 8 nitrogen and oxygen atoms in total. The van der Waals surface area contributed by atoms with Crippen LogP contribution in [0.5, 0.6) is 0 Å². The molecule has 0 aliphatic carbocycles. The second-order valence-electron chi connectivity index (χ2n) is 5.04. The Bertz CT molecular complexity index is 572. The number of esters is 1. The zero-order valence-electron chi connectivity index (χ0n) is 11.9. The minimum Gasteiger partial charge on any atom is -0.469 e. The Morgan fingerprint density at radius 3 is 2.48 bits per heavy atom. The van der Waals surface area contributed by atoms with Gasteiger partial charge in [-0.3, -0.25) is 19.7 Å². The van der Waals surface area contributed by atoms with Crippen LogP contribution in [0, 0.1) is 16.0 Å². The van der Waals surface area contributed by atoms with Crippen LogP contribution in [0.25, 0.3) is 0 Å².